The Morgan fingerprint density at radius 1 is 0.550 bits per heavy atom. The Labute approximate surface area is 116 Å². The molecule has 6 rings (SSSR count). The molecule has 2 heterocycles. The van der Waals surface area contributed by atoms with Crippen LogP contribution in [-0.2, 0) is 0 Å². The fraction of sp³-hybridized carbons (Fsp3) is 0.118. The molecule has 0 saturated carbocycles. The predicted molar refractivity (Wildman–Crippen MR) is 74.6 cm³/mol. The van der Waals surface area contributed by atoms with Gasteiger partial charge < -0.3 is 0 Å². The van der Waals surface area contributed by atoms with E-state index in [1.807, 2.05) is 12.3 Å². The number of rotatable bonds is 0. The highest BCUT2D eigenvalue weighted by Crippen LogP contribution is 2.53. The van der Waals surface area contributed by atoms with Crippen molar-refractivity contribution in [1.29, 1.82) is 0 Å². The predicted octanol–water partition coefficient (Wildman–Crippen LogP) is 2.86. The quantitative estimate of drug-likeness (QED) is 0.428. The number of nitrogens with zero attached hydrogens (tertiary/aromatic N) is 3. The van der Waals surface area contributed by atoms with Crippen molar-refractivity contribution in [3.8, 4) is 0 Å². The fourth-order valence-electron chi connectivity index (χ4n) is 3.64. The first-order valence-electron chi connectivity index (χ1n) is 6.79. The van der Waals surface area contributed by atoms with Gasteiger partial charge in [-0.05, 0) is 22.8 Å². The van der Waals surface area contributed by atoms with E-state index in [1.165, 1.54) is 16.7 Å². The lowest BCUT2D eigenvalue weighted by atomic mass is 9.66. The van der Waals surface area contributed by atoms with Gasteiger partial charge in [0.05, 0.1) is 28.9 Å². The largest absolute Gasteiger partial charge is 0.260 e. The Morgan fingerprint density at radius 2 is 1.15 bits per heavy atom. The second kappa shape index (κ2) is 3.51. The Balaban J connectivity index is 1.93. The van der Waals surface area contributed by atoms with Gasteiger partial charge in [0, 0.05) is 18.6 Å². The Kier molecular flexibility index (Phi) is 1.80. The smallest absolute Gasteiger partial charge is 0.0763 e. The van der Waals surface area contributed by atoms with Crippen molar-refractivity contribution in [1.82, 2.24) is 15.0 Å². The summed E-state index contributed by atoms with van der Waals surface area (Å²) in [5.74, 6) is 0.319. The van der Waals surface area contributed by atoms with E-state index in [2.05, 4.69) is 45.3 Å². The van der Waals surface area contributed by atoms with Crippen molar-refractivity contribution in [3.63, 3.8) is 0 Å². The SMILES string of the molecule is c1ccc2c(c1)C1c3cccnc3C2c2nccnc21. The van der Waals surface area contributed by atoms with Gasteiger partial charge in [-0.1, -0.05) is 30.3 Å². The summed E-state index contributed by atoms with van der Waals surface area (Å²) in [6.45, 7) is 0. The maximum absolute atomic E-state index is 4.63. The van der Waals surface area contributed by atoms with Gasteiger partial charge in [-0.25, -0.2) is 0 Å². The van der Waals surface area contributed by atoms with E-state index in [4.69, 9.17) is 0 Å². The Bertz CT molecular complexity index is 659. The van der Waals surface area contributed by atoms with E-state index in [0.717, 1.165) is 17.1 Å². The monoisotopic (exact) mass is 257 g/mol. The van der Waals surface area contributed by atoms with Gasteiger partial charge in [-0.15, -0.1) is 0 Å². The van der Waals surface area contributed by atoms with Crippen molar-refractivity contribution < 1.29 is 0 Å². The minimum absolute atomic E-state index is 0.135. The molecule has 0 radical (unpaired) electrons. The average Bonchev–Trinajstić information content (AvgIpc) is 2.54. The molecule has 0 aliphatic heterocycles. The second-order valence-electron chi connectivity index (χ2n) is 5.30. The molecule has 2 unspecified atom stereocenters. The summed E-state index contributed by atoms with van der Waals surface area (Å²) in [5.41, 5.74) is 7.27. The van der Waals surface area contributed by atoms with E-state index >= 15 is 0 Å². The third-order valence-electron chi connectivity index (χ3n) is 4.38. The third kappa shape index (κ3) is 1.09. The minimum atomic E-state index is 0.135. The van der Waals surface area contributed by atoms with Crippen molar-refractivity contribution >= 4 is 0 Å². The van der Waals surface area contributed by atoms with Gasteiger partial charge in [-0.2, -0.15) is 0 Å². The Hall–Kier alpha value is -2.55. The Morgan fingerprint density at radius 3 is 1.95 bits per heavy atom. The zero-order valence-electron chi connectivity index (χ0n) is 10.7. The lowest BCUT2D eigenvalue weighted by Crippen LogP contribution is -2.30. The summed E-state index contributed by atoms with van der Waals surface area (Å²) in [6.07, 6.45) is 5.45. The normalized spacial score (nSPS) is 21.0. The van der Waals surface area contributed by atoms with Crippen molar-refractivity contribution in [2.45, 2.75) is 11.8 Å². The average molecular weight is 257 g/mol. The third-order valence-corrected chi connectivity index (χ3v) is 4.38. The molecule has 1 aromatic carbocycles. The van der Waals surface area contributed by atoms with Crippen LogP contribution in [0.1, 0.15) is 45.6 Å². The van der Waals surface area contributed by atoms with Gasteiger partial charge >= 0.3 is 0 Å². The van der Waals surface area contributed by atoms with Crippen molar-refractivity contribution in [2.24, 2.45) is 0 Å². The molecule has 3 aliphatic rings. The molecule has 20 heavy (non-hydrogen) atoms. The highest BCUT2D eigenvalue weighted by atomic mass is 14.9. The molecule has 3 aromatic rings. The number of aromatic nitrogens is 3. The van der Waals surface area contributed by atoms with Crippen LogP contribution in [-0.4, -0.2) is 15.0 Å². The lowest BCUT2D eigenvalue weighted by molar-refractivity contribution is 0.679. The van der Waals surface area contributed by atoms with Crippen LogP contribution in [0.2, 0.25) is 0 Å². The van der Waals surface area contributed by atoms with E-state index < -0.39 is 0 Å². The van der Waals surface area contributed by atoms with Crippen LogP contribution >= 0.6 is 0 Å². The number of pyridine rings is 1. The molecule has 2 bridgehead atoms. The van der Waals surface area contributed by atoms with Crippen LogP contribution < -0.4 is 0 Å². The maximum atomic E-state index is 4.63. The van der Waals surface area contributed by atoms with Crippen LogP contribution in [0.5, 0.6) is 0 Å². The molecule has 94 valence electrons. The zero-order chi connectivity index (χ0) is 13.1. The van der Waals surface area contributed by atoms with Crippen LogP contribution in [0, 0.1) is 0 Å². The van der Waals surface area contributed by atoms with Gasteiger partial charge in [-0.3, -0.25) is 15.0 Å². The van der Waals surface area contributed by atoms with E-state index in [0.29, 0.717) is 0 Å². The van der Waals surface area contributed by atoms with Crippen LogP contribution in [0.15, 0.2) is 55.0 Å². The molecule has 3 heteroatoms. The molecule has 0 amide bonds. The standard InChI is InChI=1S/C17H11N3/c1-2-5-11-10(4-1)13-12-6-3-7-18-15(12)14(11)17-16(13)19-8-9-20-17/h1-9,13-14H. The lowest BCUT2D eigenvalue weighted by Gasteiger charge is -2.39. The summed E-state index contributed by atoms with van der Waals surface area (Å²) < 4.78 is 0. The molecule has 3 nitrogen and oxygen atoms in total. The van der Waals surface area contributed by atoms with Crippen molar-refractivity contribution in [2.75, 3.05) is 0 Å². The highest BCUT2D eigenvalue weighted by Gasteiger charge is 2.43. The van der Waals surface area contributed by atoms with Gasteiger partial charge in [0.25, 0.3) is 0 Å². The molecule has 2 atom stereocenters. The van der Waals surface area contributed by atoms with Crippen LogP contribution in [0.25, 0.3) is 0 Å². The van der Waals surface area contributed by atoms with Crippen LogP contribution in [0.4, 0.5) is 0 Å². The van der Waals surface area contributed by atoms with E-state index in [-0.39, 0.29) is 11.8 Å². The summed E-state index contributed by atoms with van der Waals surface area (Å²) in [5, 5.41) is 0. The van der Waals surface area contributed by atoms with Crippen LogP contribution in [0.3, 0.4) is 0 Å². The summed E-state index contributed by atoms with van der Waals surface area (Å²) in [7, 11) is 0. The van der Waals surface area contributed by atoms with Gasteiger partial charge in [0.1, 0.15) is 0 Å². The first-order chi connectivity index (χ1) is 9.95. The van der Waals surface area contributed by atoms with E-state index in [1.54, 1.807) is 12.4 Å². The van der Waals surface area contributed by atoms with Crippen molar-refractivity contribution in [3.05, 3.63) is 88.8 Å². The van der Waals surface area contributed by atoms with E-state index in [9.17, 15) is 0 Å². The molecule has 0 spiro atoms. The summed E-state index contributed by atoms with van der Waals surface area (Å²) in [6, 6.07) is 12.8. The van der Waals surface area contributed by atoms with Gasteiger partial charge in [0.15, 0.2) is 0 Å². The molecule has 0 fully saturated rings. The molecule has 0 N–H and O–H groups in total. The fourth-order valence-corrected chi connectivity index (χ4v) is 3.64. The minimum Gasteiger partial charge on any atom is -0.260 e. The number of benzene rings is 1. The number of hydrogen-bond acceptors (Lipinski definition) is 3. The van der Waals surface area contributed by atoms with Gasteiger partial charge in [0.2, 0.25) is 0 Å². The highest BCUT2D eigenvalue weighted by molar-refractivity contribution is 5.63. The number of hydrogen-bond donors (Lipinski definition) is 0. The second-order valence-corrected chi connectivity index (χ2v) is 5.30. The summed E-state index contributed by atoms with van der Waals surface area (Å²) in [4.78, 5) is 13.8. The first-order valence-corrected chi connectivity index (χ1v) is 6.79. The maximum Gasteiger partial charge on any atom is 0.0763 e. The zero-order valence-corrected chi connectivity index (χ0v) is 10.7. The molecular weight excluding hydrogens is 246 g/mol. The molecule has 3 aliphatic carbocycles. The molecular formula is C17H11N3. The summed E-state index contributed by atoms with van der Waals surface area (Å²) >= 11 is 0. The molecule has 2 aromatic heterocycles. The first kappa shape index (κ1) is 10.3. The molecule has 0 saturated heterocycles. The topological polar surface area (TPSA) is 38.7 Å².